The molecule has 1 saturated heterocycles. The van der Waals surface area contributed by atoms with Crippen molar-refractivity contribution in [1.29, 1.82) is 0 Å². The van der Waals surface area contributed by atoms with Crippen molar-refractivity contribution in [2.45, 2.75) is 25.5 Å². The van der Waals surface area contributed by atoms with Gasteiger partial charge in [0.25, 0.3) is 0 Å². The monoisotopic (exact) mass is 424 g/mol. The van der Waals surface area contributed by atoms with Crippen molar-refractivity contribution < 1.29 is 19.0 Å². The first-order valence-electron chi connectivity index (χ1n) is 7.79. The van der Waals surface area contributed by atoms with Crippen LogP contribution in [0.25, 0.3) is 10.3 Å². The second-order valence-corrected chi connectivity index (χ2v) is 7.89. The molecule has 1 aliphatic rings. The topological polar surface area (TPSA) is 64.3 Å². The molecule has 1 aromatic carbocycles. The van der Waals surface area contributed by atoms with Crippen LogP contribution >= 0.6 is 27.3 Å². The molecule has 5 nitrogen and oxygen atoms in total. The van der Waals surface area contributed by atoms with Crippen LogP contribution in [-0.2, 0) is 17.7 Å². The molecule has 0 unspecified atom stereocenters. The van der Waals surface area contributed by atoms with Gasteiger partial charge in [0.2, 0.25) is 0 Å². The lowest BCUT2D eigenvalue weighted by molar-refractivity contribution is -0.0589. The van der Waals surface area contributed by atoms with Crippen LogP contribution in [0.15, 0.2) is 28.7 Å². The van der Waals surface area contributed by atoms with E-state index in [2.05, 4.69) is 20.9 Å². The zero-order valence-electron chi connectivity index (χ0n) is 13.0. The Morgan fingerprint density at radius 3 is 2.92 bits per heavy atom. The number of benzene rings is 1. The lowest BCUT2D eigenvalue weighted by Gasteiger charge is -2.27. The molecule has 25 heavy (non-hydrogen) atoms. The number of thiophene rings is 1. The van der Waals surface area contributed by atoms with Gasteiger partial charge in [-0.1, -0.05) is 22.0 Å². The van der Waals surface area contributed by atoms with Gasteiger partial charge in [0.15, 0.2) is 0 Å². The van der Waals surface area contributed by atoms with Crippen LogP contribution in [0.5, 0.6) is 0 Å². The summed E-state index contributed by atoms with van der Waals surface area (Å²) in [6, 6.07) is 6.60. The average Bonchev–Trinajstić information content (AvgIpc) is 3.04. The van der Waals surface area contributed by atoms with E-state index < -0.39 is 5.97 Å². The van der Waals surface area contributed by atoms with Crippen molar-refractivity contribution >= 4 is 43.6 Å². The summed E-state index contributed by atoms with van der Waals surface area (Å²) in [5, 5.41) is 9.20. The molecule has 0 amide bonds. The highest BCUT2D eigenvalue weighted by Gasteiger charge is 2.24. The van der Waals surface area contributed by atoms with E-state index >= 15 is 0 Å². The van der Waals surface area contributed by atoms with Crippen molar-refractivity contribution in [3.05, 3.63) is 50.8 Å². The largest absolute Gasteiger partial charge is 0.477 e. The summed E-state index contributed by atoms with van der Waals surface area (Å²) in [6.45, 7) is 1.34. The smallest absolute Gasteiger partial charge is 0.346 e. The summed E-state index contributed by atoms with van der Waals surface area (Å²) in [5.41, 5.74) is 1.32. The normalized spacial score (nSPS) is 17.0. The fraction of sp³-hybridized carbons (Fsp3) is 0.294. The van der Waals surface area contributed by atoms with Gasteiger partial charge in [0.05, 0.1) is 18.2 Å². The van der Waals surface area contributed by atoms with Crippen LogP contribution in [-0.4, -0.2) is 33.3 Å². The number of rotatable bonds is 5. The SMILES string of the molecule is O=C(O)c1cc2c(nc(Cc3ccc(Br)cc3F)n2C[C@@H]2CCO2)s1. The third kappa shape index (κ3) is 3.21. The molecule has 1 atom stereocenters. The number of carboxylic acids is 1. The Morgan fingerprint density at radius 2 is 2.28 bits per heavy atom. The molecular formula is C17H14BrFN2O3S. The van der Waals surface area contributed by atoms with E-state index in [-0.39, 0.29) is 16.8 Å². The van der Waals surface area contributed by atoms with E-state index in [0.717, 1.165) is 35.7 Å². The number of halogens is 2. The third-order valence-electron chi connectivity index (χ3n) is 4.28. The Bertz CT molecular complexity index is 964. The summed E-state index contributed by atoms with van der Waals surface area (Å²) in [6.07, 6.45) is 1.40. The van der Waals surface area contributed by atoms with Crippen molar-refractivity contribution in [2.24, 2.45) is 0 Å². The van der Waals surface area contributed by atoms with E-state index in [1.165, 1.54) is 6.07 Å². The Balaban J connectivity index is 1.74. The van der Waals surface area contributed by atoms with Crippen LogP contribution in [0, 0.1) is 5.82 Å². The molecule has 0 radical (unpaired) electrons. The highest BCUT2D eigenvalue weighted by Crippen LogP contribution is 2.29. The van der Waals surface area contributed by atoms with Crippen molar-refractivity contribution in [3.8, 4) is 0 Å². The molecule has 0 aliphatic carbocycles. The van der Waals surface area contributed by atoms with Crippen LogP contribution in [0.3, 0.4) is 0 Å². The lowest BCUT2D eigenvalue weighted by Crippen LogP contribution is -2.31. The van der Waals surface area contributed by atoms with Crippen LogP contribution in [0.2, 0.25) is 0 Å². The molecule has 1 N–H and O–H groups in total. The maximum atomic E-state index is 14.2. The molecule has 0 spiro atoms. The molecule has 0 bridgehead atoms. The predicted octanol–water partition coefficient (Wildman–Crippen LogP) is 4.08. The van der Waals surface area contributed by atoms with Crippen LogP contribution in [0.4, 0.5) is 4.39 Å². The second kappa shape index (κ2) is 6.51. The van der Waals surface area contributed by atoms with Gasteiger partial charge in [-0.15, -0.1) is 11.3 Å². The van der Waals surface area contributed by atoms with E-state index in [0.29, 0.717) is 27.8 Å². The number of nitrogens with zero attached hydrogens (tertiary/aromatic N) is 2. The van der Waals surface area contributed by atoms with Crippen LogP contribution < -0.4 is 0 Å². The fourth-order valence-corrected chi connectivity index (χ4v) is 4.10. The summed E-state index contributed by atoms with van der Waals surface area (Å²) in [7, 11) is 0. The zero-order chi connectivity index (χ0) is 17.6. The average molecular weight is 425 g/mol. The summed E-state index contributed by atoms with van der Waals surface area (Å²) in [5.74, 6) is -0.539. The molecule has 3 aromatic rings. The summed E-state index contributed by atoms with van der Waals surface area (Å²) in [4.78, 5) is 16.7. The molecule has 8 heteroatoms. The molecule has 3 heterocycles. The minimum absolute atomic E-state index is 0.0964. The second-order valence-electron chi connectivity index (χ2n) is 5.94. The molecule has 1 aliphatic heterocycles. The Kier molecular flexibility index (Phi) is 4.35. The number of hydrogen-bond acceptors (Lipinski definition) is 4. The number of carbonyl (C=O) groups is 1. The quantitative estimate of drug-likeness (QED) is 0.669. The first-order chi connectivity index (χ1) is 12.0. The Morgan fingerprint density at radius 1 is 1.48 bits per heavy atom. The van der Waals surface area contributed by atoms with E-state index in [1.54, 1.807) is 18.2 Å². The van der Waals surface area contributed by atoms with Gasteiger partial charge in [-0.05, 0) is 30.2 Å². The first kappa shape index (κ1) is 16.7. The summed E-state index contributed by atoms with van der Waals surface area (Å²) >= 11 is 4.39. The number of aromatic nitrogens is 2. The molecule has 2 aromatic heterocycles. The fourth-order valence-electron chi connectivity index (χ4n) is 2.87. The zero-order valence-corrected chi connectivity index (χ0v) is 15.4. The Labute approximate surface area is 155 Å². The van der Waals surface area contributed by atoms with Crippen molar-refractivity contribution in [1.82, 2.24) is 9.55 Å². The van der Waals surface area contributed by atoms with Gasteiger partial charge in [0.1, 0.15) is 21.3 Å². The maximum absolute atomic E-state index is 14.2. The minimum atomic E-state index is -0.963. The predicted molar refractivity (Wildman–Crippen MR) is 95.8 cm³/mol. The van der Waals surface area contributed by atoms with Crippen molar-refractivity contribution in [3.63, 3.8) is 0 Å². The molecule has 0 saturated carbocycles. The first-order valence-corrected chi connectivity index (χ1v) is 9.40. The highest BCUT2D eigenvalue weighted by molar-refractivity contribution is 9.10. The van der Waals surface area contributed by atoms with Gasteiger partial charge in [-0.3, -0.25) is 0 Å². The standard InChI is InChI=1S/C17H14BrFN2O3S/c18-10-2-1-9(12(19)6-10)5-15-20-16-13(7-14(25-16)17(22)23)21(15)8-11-3-4-24-11/h1-2,6-7,11H,3-5,8H2,(H,22,23)/t11-/m0/s1. The molecule has 130 valence electrons. The number of hydrogen-bond donors (Lipinski definition) is 1. The van der Waals surface area contributed by atoms with Gasteiger partial charge in [-0.25, -0.2) is 14.2 Å². The van der Waals surface area contributed by atoms with E-state index in [1.807, 2.05) is 4.57 Å². The number of fused-ring (bicyclic) bond motifs is 1. The third-order valence-corrected chi connectivity index (χ3v) is 5.78. The molecular weight excluding hydrogens is 411 g/mol. The molecule has 4 rings (SSSR count). The summed E-state index contributed by atoms with van der Waals surface area (Å²) < 4.78 is 22.4. The van der Waals surface area contributed by atoms with Gasteiger partial charge in [-0.2, -0.15) is 0 Å². The van der Waals surface area contributed by atoms with E-state index in [4.69, 9.17) is 4.74 Å². The van der Waals surface area contributed by atoms with Crippen molar-refractivity contribution in [2.75, 3.05) is 6.61 Å². The van der Waals surface area contributed by atoms with Crippen LogP contribution in [0.1, 0.15) is 27.5 Å². The Hall–Kier alpha value is -1.77. The van der Waals surface area contributed by atoms with Gasteiger partial charge >= 0.3 is 5.97 Å². The maximum Gasteiger partial charge on any atom is 0.346 e. The molecule has 1 fully saturated rings. The number of imidazole rings is 1. The number of aromatic carboxylic acids is 1. The van der Waals surface area contributed by atoms with Gasteiger partial charge < -0.3 is 14.4 Å². The van der Waals surface area contributed by atoms with E-state index in [9.17, 15) is 14.3 Å². The highest BCUT2D eigenvalue weighted by atomic mass is 79.9. The minimum Gasteiger partial charge on any atom is -0.477 e. The lowest BCUT2D eigenvalue weighted by atomic mass is 10.1. The van der Waals surface area contributed by atoms with Gasteiger partial charge in [0, 0.05) is 17.5 Å². The number of ether oxygens (including phenoxy) is 1. The number of carboxylic acid groups (broad SMARTS) is 1.